The fourth-order valence-corrected chi connectivity index (χ4v) is 2.34. The zero-order valence-electron chi connectivity index (χ0n) is 9.70. The molecule has 0 bridgehead atoms. The molecular weight excluding hydrogens is 186 g/mol. The Bertz CT molecular complexity index is 275. The topological polar surface area (TPSA) is 25.2 Å². The van der Waals surface area contributed by atoms with Crippen molar-refractivity contribution in [2.24, 2.45) is 5.92 Å². The van der Waals surface area contributed by atoms with Crippen LogP contribution >= 0.6 is 0 Å². The first-order valence-corrected chi connectivity index (χ1v) is 6.02. The molecule has 15 heavy (non-hydrogen) atoms. The molecule has 0 aromatic carbocycles. The monoisotopic (exact) mass is 207 g/mol. The molecule has 1 unspecified atom stereocenters. The highest BCUT2D eigenvalue weighted by Crippen LogP contribution is 2.26. The van der Waals surface area contributed by atoms with E-state index in [1.165, 1.54) is 19.3 Å². The van der Waals surface area contributed by atoms with E-state index in [0.29, 0.717) is 6.04 Å². The highest BCUT2D eigenvalue weighted by Gasteiger charge is 2.25. The van der Waals surface area contributed by atoms with Gasteiger partial charge in [0.25, 0.3) is 0 Å². The third-order valence-corrected chi connectivity index (χ3v) is 3.30. The van der Waals surface area contributed by atoms with Gasteiger partial charge in [-0.2, -0.15) is 0 Å². The summed E-state index contributed by atoms with van der Waals surface area (Å²) in [5, 5.41) is 3.67. The fourth-order valence-electron chi connectivity index (χ4n) is 2.34. The van der Waals surface area contributed by atoms with Gasteiger partial charge in [-0.1, -0.05) is 6.92 Å². The summed E-state index contributed by atoms with van der Waals surface area (Å²) in [4.78, 5) is 0. The third kappa shape index (κ3) is 3.10. The van der Waals surface area contributed by atoms with Crippen LogP contribution in [0, 0.1) is 5.92 Å². The lowest BCUT2D eigenvalue weighted by molar-refractivity contribution is 0.222. The SMILES string of the molecule is CC1CC(NC(C)CCc2ccco2)C1. The van der Waals surface area contributed by atoms with Crippen molar-refractivity contribution in [3.8, 4) is 0 Å². The van der Waals surface area contributed by atoms with Crippen molar-refractivity contribution in [2.45, 2.75) is 51.6 Å². The maximum absolute atomic E-state index is 5.32. The van der Waals surface area contributed by atoms with Crippen LogP contribution in [-0.4, -0.2) is 12.1 Å². The third-order valence-electron chi connectivity index (χ3n) is 3.30. The summed E-state index contributed by atoms with van der Waals surface area (Å²) in [5.74, 6) is 2.03. The Morgan fingerprint density at radius 3 is 2.93 bits per heavy atom. The second kappa shape index (κ2) is 4.84. The molecule has 1 heterocycles. The highest BCUT2D eigenvalue weighted by atomic mass is 16.3. The van der Waals surface area contributed by atoms with Crippen LogP contribution in [0.15, 0.2) is 22.8 Å². The van der Waals surface area contributed by atoms with Crippen LogP contribution in [-0.2, 0) is 6.42 Å². The van der Waals surface area contributed by atoms with Crippen LogP contribution in [0.1, 0.15) is 38.9 Å². The van der Waals surface area contributed by atoms with Crippen LogP contribution in [0.5, 0.6) is 0 Å². The Balaban J connectivity index is 1.62. The summed E-state index contributed by atoms with van der Waals surface area (Å²) in [5.41, 5.74) is 0. The minimum atomic E-state index is 0.604. The highest BCUT2D eigenvalue weighted by molar-refractivity contribution is 4.98. The minimum Gasteiger partial charge on any atom is -0.469 e. The first-order valence-electron chi connectivity index (χ1n) is 6.02. The lowest BCUT2D eigenvalue weighted by atomic mass is 9.81. The molecular formula is C13H21NO. The molecule has 2 rings (SSSR count). The van der Waals surface area contributed by atoms with E-state index in [0.717, 1.165) is 24.1 Å². The summed E-state index contributed by atoms with van der Waals surface area (Å²) in [6, 6.07) is 5.39. The predicted molar refractivity (Wildman–Crippen MR) is 61.8 cm³/mol. The normalized spacial score (nSPS) is 27.3. The van der Waals surface area contributed by atoms with Gasteiger partial charge in [-0.05, 0) is 44.2 Å². The van der Waals surface area contributed by atoms with Gasteiger partial charge in [0.15, 0.2) is 0 Å². The lowest BCUT2D eigenvalue weighted by Crippen LogP contribution is -2.44. The van der Waals surface area contributed by atoms with Crippen molar-refractivity contribution in [1.82, 2.24) is 5.32 Å². The smallest absolute Gasteiger partial charge is 0.103 e. The zero-order chi connectivity index (χ0) is 10.7. The summed E-state index contributed by atoms with van der Waals surface area (Å²) < 4.78 is 5.32. The van der Waals surface area contributed by atoms with Crippen molar-refractivity contribution in [2.75, 3.05) is 0 Å². The molecule has 0 aliphatic heterocycles. The van der Waals surface area contributed by atoms with E-state index in [2.05, 4.69) is 25.2 Å². The van der Waals surface area contributed by atoms with Crippen LogP contribution in [0.4, 0.5) is 0 Å². The molecule has 1 aliphatic rings. The molecule has 1 N–H and O–H groups in total. The van der Waals surface area contributed by atoms with E-state index in [-0.39, 0.29) is 0 Å². The minimum absolute atomic E-state index is 0.604. The molecule has 84 valence electrons. The Kier molecular flexibility index (Phi) is 3.47. The van der Waals surface area contributed by atoms with Gasteiger partial charge in [0.1, 0.15) is 5.76 Å². The Labute approximate surface area is 92.1 Å². The van der Waals surface area contributed by atoms with Gasteiger partial charge in [-0.3, -0.25) is 0 Å². The first kappa shape index (κ1) is 10.7. The van der Waals surface area contributed by atoms with Gasteiger partial charge in [0.2, 0.25) is 0 Å². The van der Waals surface area contributed by atoms with E-state index in [1.807, 2.05) is 6.07 Å². The second-order valence-electron chi connectivity index (χ2n) is 4.96. The summed E-state index contributed by atoms with van der Waals surface area (Å²) >= 11 is 0. The number of furan rings is 1. The molecule has 1 aliphatic carbocycles. The van der Waals surface area contributed by atoms with Crippen molar-refractivity contribution in [3.05, 3.63) is 24.2 Å². The molecule has 1 saturated carbocycles. The van der Waals surface area contributed by atoms with Crippen LogP contribution < -0.4 is 5.32 Å². The average molecular weight is 207 g/mol. The molecule has 2 heteroatoms. The number of nitrogens with one attached hydrogen (secondary N) is 1. The van der Waals surface area contributed by atoms with Crippen LogP contribution in [0.25, 0.3) is 0 Å². The van der Waals surface area contributed by atoms with Crippen molar-refractivity contribution in [3.63, 3.8) is 0 Å². The molecule has 0 radical (unpaired) electrons. The second-order valence-corrected chi connectivity index (χ2v) is 4.96. The molecule has 0 amide bonds. The quantitative estimate of drug-likeness (QED) is 0.803. The van der Waals surface area contributed by atoms with Crippen LogP contribution in [0.3, 0.4) is 0 Å². The van der Waals surface area contributed by atoms with Crippen molar-refractivity contribution >= 4 is 0 Å². The van der Waals surface area contributed by atoms with Gasteiger partial charge in [-0.15, -0.1) is 0 Å². The van der Waals surface area contributed by atoms with Gasteiger partial charge < -0.3 is 9.73 Å². The fraction of sp³-hybridized carbons (Fsp3) is 0.692. The molecule has 2 nitrogen and oxygen atoms in total. The van der Waals surface area contributed by atoms with E-state index >= 15 is 0 Å². The summed E-state index contributed by atoms with van der Waals surface area (Å²) in [7, 11) is 0. The molecule has 1 atom stereocenters. The van der Waals surface area contributed by atoms with Gasteiger partial charge in [0, 0.05) is 18.5 Å². The van der Waals surface area contributed by atoms with Gasteiger partial charge >= 0.3 is 0 Å². The van der Waals surface area contributed by atoms with Gasteiger partial charge in [0.05, 0.1) is 6.26 Å². The molecule has 1 aromatic heterocycles. The first-order chi connectivity index (χ1) is 7.24. The largest absolute Gasteiger partial charge is 0.469 e. The van der Waals surface area contributed by atoms with E-state index in [4.69, 9.17) is 4.42 Å². The molecule has 1 aromatic rings. The Morgan fingerprint density at radius 1 is 1.53 bits per heavy atom. The number of aryl methyl sites for hydroxylation is 1. The standard InChI is InChI=1S/C13H21NO/c1-10-8-12(9-10)14-11(2)5-6-13-4-3-7-15-13/h3-4,7,10-12,14H,5-6,8-9H2,1-2H3. The number of rotatable bonds is 5. The molecule has 0 spiro atoms. The van der Waals surface area contributed by atoms with E-state index < -0.39 is 0 Å². The summed E-state index contributed by atoms with van der Waals surface area (Å²) in [6.07, 6.45) is 6.67. The maximum atomic E-state index is 5.32. The van der Waals surface area contributed by atoms with E-state index in [1.54, 1.807) is 6.26 Å². The maximum Gasteiger partial charge on any atom is 0.103 e. The number of hydrogen-bond donors (Lipinski definition) is 1. The Morgan fingerprint density at radius 2 is 2.33 bits per heavy atom. The van der Waals surface area contributed by atoms with Crippen molar-refractivity contribution in [1.29, 1.82) is 0 Å². The Hall–Kier alpha value is -0.760. The predicted octanol–water partition coefficient (Wildman–Crippen LogP) is 2.99. The average Bonchev–Trinajstić information content (AvgIpc) is 2.65. The zero-order valence-corrected chi connectivity index (χ0v) is 9.70. The van der Waals surface area contributed by atoms with Crippen LogP contribution in [0.2, 0.25) is 0 Å². The molecule has 1 fully saturated rings. The molecule has 0 saturated heterocycles. The van der Waals surface area contributed by atoms with E-state index in [9.17, 15) is 0 Å². The summed E-state index contributed by atoms with van der Waals surface area (Å²) in [6.45, 7) is 4.59. The van der Waals surface area contributed by atoms with Crippen molar-refractivity contribution < 1.29 is 4.42 Å². The lowest BCUT2D eigenvalue weighted by Gasteiger charge is -2.35. The van der Waals surface area contributed by atoms with Gasteiger partial charge in [-0.25, -0.2) is 0 Å². The number of hydrogen-bond acceptors (Lipinski definition) is 2.